The highest BCUT2D eigenvalue weighted by molar-refractivity contribution is 8.09. The molecular weight excluding hydrogens is 385 g/mol. The fraction of sp³-hybridized carbons (Fsp3) is 1.00. The van der Waals surface area contributed by atoms with Crippen LogP contribution >= 0.6 is 70.6 Å². The third-order valence-corrected chi connectivity index (χ3v) is 12.0. The molecule has 22 heavy (non-hydrogen) atoms. The minimum atomic E-state index is 0.609. The Hall–Kier alpha value is 2.10. The van der Waals surface area contributed by atoms with Gasteiger partial charge in [-0.05, 0) is 35.5 Å². The van der Waals surface area contributed by atoms with E-state index < -0.39 is 0 Å². The van der Waals surface area contributed by atoms with E-state index in [1.54, 1.807) is 0 Å². The van der Waals surface area contributed by atoms with Crippen LogP contribution in [0.15, 0.2) is 0 Å². The predicted molar refractivity (Wildman–Crippen MR) is 118 cm³/mol. The Morgan fingerprint density at radius 2 is 1.27 bits per heavy atom. The lowest BCUT2D eigenvalue weighted by Crippen LogP contribution is -2.28. The van der Waals surface area contributed by atoms with Crippen LogP contribution in [-0.4, -0.2) is 67.5 Å². The summed E-state index contributed by atoms with van der Waals surface area (Å²) in [5.74, 6) is 12.7. The lowest BCUT2D eigenvalue weighted by atomic mass is 9.87. The van der Waals surface area contributed by atoms with Gasteiger partial charge in [0.25, 0.3) is 0 Å². The summed E-state index contributed by atoms with van der Waals surface area (Å²) in [6.07, 6.45) is 2.82. The minimum Gasteiger partial charge on any atom is -0.161 e. The van der Waals surface area contributed by atoms with Crippen molar-refractivity contribution in [2.24, 2.45) is 5.41 Å². The van der Waals surface area contributed by atoms with Crippen LogP contribution in [0.1, 0.15) is 19.8 Å². The topological polar surface area (TPSA) is 0 Å². The van der Waals surface area contributed by atoms with Gasteiger partial charge in [0.1, 0.15) is 0 Å². The fourth-order valence-corrected chi connectivity index (χ4v) is 9.63. The van der Waals surface area contributed by atoms with Gasteiger partial charge in [0.05, 0.1) is 0 Å². The van der Waals surface area contributed by atoms with Gasteiger partial charge < -0.3 is 0 Å². The van der Waals surface area contributed by atoms with Crippen molar-refractivity contribution in [2.75, 3.05) is 51.8 Å². The summed E-state index contributed by atoms with van der Waals surface area (Å²) in [5, 5.41) is 3.00. The molecule has 3 heterocycles. The quantitative estimate of drug-likeness (QED) is 0.278. The molecule has 3 rings (SSSR count). The number of thioether (sulfide) groups is 6. The second kappa shape index (κ2) is 9.70. The molecule has 6 heteroatoms. The predicted octanol–water partition coefficient (Wildman–Crippen LogP) is 5.32. The van der Waals surface area contributed by atoms with Crippen molar-refractivity contribution in [3.05, 3.63) is 0 Å². The summed E-state index contributed by atoms with van der Waals surface area (Å²) in [4.78, 5) is 0. The van der Waals surface area contributed by atoms with Crippen molar-refractivity contribution in [3.63, 3.8) is 0 Å². The summed E-state index contributed by atoms with van der Waals surface area (Å²) < 4.78 is 0. The van der Waals surface area contributed by atoms with Crippen molar-refractivity contribution in [2.45, 2.75) is 35.5 Å². The number of rotatable bonds is 14. The summed E-state index contributed by atoms with van der Waals surface area (Å²) in [7, 11) is 0. The van der Waals surface area contributed by atoms with Gasteiger partial charge in [-0.3, -0.25) is 0 Å². The molecular formula is C16H28S6. The molecule has 3 aliphatic rings. The Morgan fingerprint density at radius 1 is 0.818 bits per heavy atom. The molecule has 0 aromatic carbocycles. The standard InChI is InChI=1S/C16H28S6/c1-2-16(11-18-6-14-9-21-14,12-19-7-15-10-22-15)3-4-17-5-13-8-20-13/h13-15H,2-12H2,1H3. The molecule has 0 saturated carbocycles. The second-order valence-corrected chi connectivity index (χ2v) is 13.8. The minimum absolute atomic E-state index is 0.609. The Labute approximate surface area is 162 Å². The first kappa shape index (κ1) is 18.9. The highest BCUT2D eigenvalue weighted by atomic mass is 32.2. The molecule has 128 valence electrons. The van der Waals surface area contributed by atoms with Crippen molar-refractivity contribution < 1.29 is 0 Å². The van der Waals surface area contributed by atoms with Crippen molar-refractivity contribution >= 4 is 70.6 Å². The summed E-state index contributed by atoms with van der Waals surface area (Å²) in [6.45, 7) is 2.44. The number of hydrogen-bond donors (Lipinski definition) is 0. The maximum Gasteiger partial charge on any atom is 0.0229 e. The highest BCUT2D eigenvalue weighted by Crippen LogP contribution is 2.41. The maximum absolute atomic E-state index is 2.44. The molecule has 0 aromatic heterocycles. The van der Waals surface area contributed by atoms with Crippen LogP contribution in [0.3, 0.4) is 0 Å². The molecule has 3 atom stereocenters. The van der Waals surface area contributed by atoms with Gasteiger partial charge in [-0.25, -0.2) is 0 Å². The van der Waals surface area contributed by atoms with Crippen LogP contribution < -0.4 is 0 Å². The zero-order valence-electron chi connectivity index (χ0n) is 13.5. The molecule has 0 radical (unpaired) electrons. The van der Waals surface area contributed by atoms with E-state index in [4.69, 9.17) is 0 Å². The van der Waals surface area contributed by atoms with Gasteiger partial charge in [-0.2, -0.15) is 70.6 Å². The van der Waals surface area contributed by atoms with E-state index in [2.05, 4.69) is 77.5 Å². The lowest BCUT2D eigenvalue weighted by Gasteiger charge is -2.32. The molecule has 0 aromatic rings. The zero-order chi connectivity index (χ0) is 15.3. The molecule has 0 spiro atoms. The van der Waals surface area contributed by atoms with Crippen LogP contribution in [0.4, 0.5) is 0 Å². The van der Waals surface area contributed by atoms with Gasteiger partial charge in [0, 0.05) is 50.3 Å². The van der Waals surface area contributed by atoms with E-state index in [1.165, 1.54) is 64.6 Å². The van der Waals surface area contributed by atoms with Crippen LogP contribution in [0.25, 0.3) is 0 Å². The molecule has 0 nitrogen and oxygen atoms in total. The highest BCUT2D eigenvalue weighted by Gasteiger charge is 2.32. The van der Waals surface area contributed by atoms with Gasteiger partial charge in [-0.15, -0.1) is 0 Å². The first-order chi connectivity index (χ1) is 10.8. The van der Waals surface area contributed by atoms with E-state index in [1.807, 2.05) is 0 Å². The largest absolute Gasteiger partial charge is 0.161 e. The third-order valence-electron chi connectivity index (χ3n) is 4.46. The van der Waals surface area contributed by atoms with Gasteiger partial charge in [-0.1, -0.05) is 6.92 Å². The number of hydrogen-bond acceptors (Lipinski definition) is 6. The SMILES string of the molecule is CCC(CCSCC1CS1)(CSCC1CS1)CSCC1CS1. The van der Waals surface area contributed by atoms with Gasteiger partial charge in [0.2, 0.25) is 0 Å². The molecule has 3 fully saturated rings. The van der Waals surface area contributed by atoms with Crippen LogP contribution in [0, 0.1) is 5.41 Å². The smallest absolute Gasteiger partial charge is 0.0229 e. The molecule has 0 amide bonds. The average molecular weight is 413 g/mol. The molecule has 3 unspecified atom stereocenters. The van der Waals surface area contributed by atoms with Crippen LogP contribution in [0.5, 0.6) is 0 Å². The molecule has 0 N–H and O–H groups in total. The zero-order valence-corrected chi connectivity index (χ0v) is 18.4. The lowest BCUT2D eigenvalue weighted by molar-refractivity contribution is 0.359. The molecule has 3 aliphatic heterocycles. The van der Waals surface area contributed by atoms with Gasteiger partial charge in [0.15, 0.2) is 0 Å². The fourth-order valence-electron chi connectivity index (χ4n) is 2.38. The summed E-state index contributed by atoms with van der Waals surface area (Å²) in [5.41, 5.74) is 0.609. The second-order valence-electron chi connectivity index (χ2n) is 6.57. The van der Waals surface area contributed by atoms with E-state index in [0.29, 0.717) is 5.41 Å². The first-order valence-electron chi connectivity index (χ1n) is 8.38. The van der Waals surface area contributed by atoms with E-state index >= 15 is 0 Å². The maximum atomic E-state index is 2.44. The van der Waals surface area contributed by atoms with Crippen LogP contribution in [-0.2, 0) is 0 Å². The Morgan fingerprint density at radius 3 is 1.68 bits per heavy atom. The van der Waals surface area contributed by atoms with E-state index in [0.717, 1.165) is 15.7 Å². The van der Waals surface area contributed by atoms with Crippen molar-refractivity contribution in [1.29, 1.82) is 0 Å². The Bertz CT molecular complexity index is 307. The molecule has 0 aliphatic carbocycles. The average Bonchev–Trinajstić information content (AvgIpc) is 3.38. The Kier molecular flexibility index (Phi) is 8.33. The van der Waals surface area contributed by atoms with E-state index in [-0.39, 0.29) is 0 Å². The monoisotopic (exact) mass is 412 g/mol. The van der Waals surface area contributed by atoms with Crippen molar-refractivity contribution in [1.82, 2.24) is 0 Å². The van der Waals surface area contributed by atoms with Crippen molar-refractivity contribution in [3.8, 4) is 0 Å². The van der Waals surface area contributed by atoms with E-state index in [9.17, 15) is 0 Å². The normalized spacial score (nSPS) is 31.8. The Balaban J connectivity index is 1.38. The summed E-state index contributed by atoms with van der Waals surface area (Å²) in [6, 6.07) is 0. The molecule has 3 saturated heterocycles. The van der Waals surface area contributed by atoms with Crippen LogP contribution in [0.2, 0.25) is 0 Å². The third kappa shape index (κ3) is 7.55. The van der Waals surface area contributed by atoms with Gasteiger partial charge >= 0.3 is 0 Å². The molecule has 0 bridgehead atoms. The summed E-state index contributed by atoms with van der Waals surface area (Å²) >= 11 is 13.2. The first-order valence-corrected chi connectivity index (χ1v) is 15.0.